The summed E-state index contributed by atoms with van der Waals surface area (Å²) in [6.07, 6.45) is 1.13. The van der Waals surface area contributed by atoms with E-state index in [9.17, 15) is 63.0 Å². The second-order valence-electron chi connectivity index (χ2n) is 26.5. The number of aromatic carboxylic acids is 3. The molecule has 0 aliphatic carbocycles. The van der Waals surface area contributed by atoms with Gasteiger partial charge in [-0.3, -0.25) is 28.8 Å². The summed E-state index contributed by atoms with van der Waals surface area (Å²) in [6.45, 7) is 0.584. The second-order valence-corrected chi connectivity index (χ2v) is 31.1. The maximum Gasteiger partial charge on any atom is 2.00 e. The normalized spacial score (nSPS) is 10.9. The molecule has 16 bridgehead atoms. The van der Waals surface area contributed by atoms with Gasteiger partial charge in [0, 0.05) is 112 Å². The van der Waals surface area contributed by atoms with Crippen molar-refractivity contribution in [3.05, 3.63) is 203 Å². The molecule has 0 spiro atoms. The standard InChI is InChI=1S/C36H22N12O4.C36H18N8O8.C9H4O5.CH4N2O.2CH4.2ClH.K.H2O.3Zn/c37-27(51)15-1-5-19-23(9-15)34-42-29(19)41-33-24-10-16(28(38)52)2-6-20(24)30(43-33)45-35-26-12-18(40-14-50)4-8-22(26)32(47-35)48-36-25-11-17(39-13-49)3-7-21(25)31(44-34)46-36;45-13-51-17-3-7-21-25(11-17)34-42-29(21)40-32-23-9-15(35(47)48)1-5-19(23)27(38-32)37-31-24-10-16(36(49)50)2-6-20(24)28(39-31)41-33-26-12-18(52-14-46)4-8-22(26)30(43-33)44-34;10-7(11)4-1-2-5-6(3-4)9(13)14-8(5)12;2-1(3)4;;;;;;;;;/h1-14H,(H8,37,38,39,40,41,42,43,44,45,46,47,48,49,50,51,52);1-14H,(H4,37,38,39,40,41,42,43,44,47,48,49,50);1-3H,(H,10,11);(H4,2,3,4);2*1H4;2*1H;;1H2;;;/q;;;;;;;;+1;;3*+2/p-7. The third-order valence-electron chi connectivity index (χ3n) is 19.1. The number of esters is 2. The molecule has 0 fully saturated rings. The van der Waals surface area contributed by atoms with Crippen LogP contribution in [0.3, 0.4) is 0 Å². The largest absolute Gasteiger partial charge is 2.00 e. The predicted octanol–water partition coefficient (Wildman–Crippen LogP) is 7.25. The van der Waals surface area contributed by atoms with Crippen LogP contribution in [0.15, 0.2) is 164 Å². The molecule has 131 heavy (non-hydrogen) atoms. The van der Waals surface area contributed by atoms with E-state index in [0.29, 0.717) is 125 Å². The molecular weight excluding hydrogens is 1930 g/mol. The van der Waals surface area contributed by atoms with E-state index in [-0.39, 0.29) is 253 Å². The number of hydrogen-bond donors (Lipinski definition) is 9. The van der Waals surface area contributed by atoms with Crippen molar-refractivity contribution in [3.63, 3.8) is 0 Å². The first-order valence-corrected chi connectivity index (χ1v) is 43.6. The summed E-state index contributed by atoms with van der Waals surface area (Å²) in [5, 5.41) is 37.4. The van der Waals surface area contributed by atoms with Crippen molar-refractivity contribution in [2.45, 2.75) is 14.9 Å². The van der Waals surface area contributed by atoms with E-state index in [2.05, 4.69) is 36.8 Å². The van der Waals surface area contributed by atoms with Gasteiger partial charge in [-0.2, -0.15) is 0 Å². The van der Waals surface area contributed by atoms with Crippen LogP contribution in [0.5, 0.6) is 11.5 Å². The Morgan fingerprint density at radius 2 is 0.603 bits per heavy atom. The molecule has 0 unspecified atom stereocenters. The Balaban J connectivity index is 0.000000215. The van der Waals surface area contributed by atoms with Gasteiger partial charge >= 0.3 is 161 Å². The van der Waals surface area contributed by atoms with Crippen LogP contribution in [0.2, 0.25) is 0 Å². The van der Waals surface area contributed by atoms with Crippen molar-refractivity contribution in [1.29, 1.82) is 0 Å². The Morgan fingerprint density at radius 1 is 0.344 bits per heavy atom. The number of nitrogens with one attached hydrogen (secondary N) is 2. The topological polar surface area (TPSA) is 662 Å². The van der Waals surface area contributed by atoms with Crippen LogP contribution >= 0.6 is 19.4 Å². The minimum atomic E-state index is -1.17. The van der Waals surface area contributed by atoms with Crippen molar-refractivity contribution in [3.8, 4) is 103 Å². The molecule has 0 saturated carbocycles. The first-order chi connectivity index (χ1) is 60.3. The summed E-state index contributed by atoms with van der Waals surface area (Å²) < 4.78 is 14.5. The number of primary amides is 4. The number of nitrogens with two attached hydrogens (primary N) is 4. The summed E-state index contributed by atoms with van der Waals surface area (Å²) in [6, 6.07) is 41.1. The summed E-state index contributed by atoms with van der Waals surface area (Å²) in [7, 11) is 9.90. The van der Waals surface area contributed by atoms with Crippen LogP contribution in [-0.4, -0.2) is 154 Å². The third-order valence-corrected chi connectivity index (χ3v) is 19.1. The zero-order valence-corrected chi connectivity index (χ0v) is 79.2. The molecule has 5 aliphatic rings. The molecule has 11 heterocycles. The SMILES string of the molecule is C.C.NC(=O)c1ccc2c(c1)-c1nc-2nc2[n-]c(nc3nc(nc4[n-]c(n1)c1ccc(C(N)=O)cc41)-c1ccc(NC=O)cc1-3)c1ccc(NC=O)cc21.NC(N)=O.O=C(O)c1ccc2c(c1)C(=O)OC2=O.O=COc1ccc2c(c1)-c1nc-2nc2[n-]c(nc3nc(nc4[n-]c(n1)c1ccc(OC=O)cc41)-c1ccc(C(=O)O)cc1-3)c1ccc(C(=O)O)cc21.[Cl][Zn][Cl].[K+].[OH-].[Zn+2].[Zn+2]. The Kier molecular flexibility index (Phi) is 31.0. The zero-order chi connectivity index (χ0) is 87.9. The molecule has 0 atom stereocenters. The van der Waals surface area contributed by atoms with Gasteiger partial charge < -0.3 is 128 Å². The van der Waals surface area contributed by atoms with Gasteiger partial charge in [0.05, 0.1) is 74.4 Å². The first-order valence-electron chi connectivity index (χ1n) is 35.8. The van der Waals surface area contributed by atoms with Gasteiger partial charge in [-0.15, -0.1) is 0 Å². The number of carboxylic acids is 3. The molecule has 6 amide bonds. The number of carboxylic acid groups (broad SMARTS) is 3. The molecule has 6 aromatic heterocycles. The molecule has 0 saturated heterocycles. The molecule has 41 nitrogen and oxygen atoms in total. The molecule has 20 rings (SSSR count). The maximum atomic E-state index is 12.2. The Hall–Kier alpha value is -14.6. The van der Waals surface area contributed by atoms with Gasteiger partial charge in [0.2, 0.25) is 24.6 Å². The fourth-order valence-electron chi connectivity index (χ4n) is 13.6. The minimum absolute atomic E-state index is 0. The number of aromatic nitrogens is 16. The van der Waals surface area contributed by atoms with Gasteiger partial charge in [-0.05, 0) is 177 Å². The molecule has 15 aromatic rings. The first kappa shape index (κ1) is 98.6. The van der Waals surface area contributed by atoms with Crippen LogP contribution in [0.4, 0.5) is 16.2 Å². The molecule has 9 aromatic carbocycles. The Labute approximate surface area is 816 Å². The summed E-state index contributed by atoms with van der Waals surface area (Å²) in [5.74, 6) is -4.40. The van der Waals surface area contributed by atoms with Crippen LogP contribution in [0.1, 0.15) is 87.4 Å². The number of carbonyl (C=O) groups is 12. The number of anilines is 2. The van der Waals surface area contributed by atoms with Gasteiger partial charge in [-0.1, -0.05) is 45.2 Å². The van der Waals surface area contributed by atoms with Crippen molar-refractivity contribution in [2.24, 2.45) is 22.9 Å². The van der Waals surface area contributed by atoms with E-state index in [4.69, 9.17) is 120 Å². The van der Waals surface area contributed by atoms with Gasteiger partial charge in [0.1, 0.15) is 11.5 Å². The predicted molar refractivity (Wildman–Crippen MR) is 456 cm³/mol. The van der Waals surface area contributed by atoms with Crippen LogP contribution < -0.4 is 114 Å². The number of ether oxygens (including phenoxy) is 3. The Morgan fingerprint density at radius 3 is 1.02 bits per heavy atom. The summed E-state index contributed by atoms with van der Waals surface area (Å²) in [4.78, 5) is 211. The van der Waals surface area contributed by atoms with E-state index in [1.54, 1.807) is 121 Å². The molecule has 5 aliphatic heterocycles. The van der Waals surface area contributed by atoms with Crippen molar-refractivity contribution < 1.29 is 198 Å². The second kappa shape index (κ2) is 41.2. The van der Waals surface area contributed by atoms with E-state index in [0.717, 1.165) is 6.07 Å². The van der Waals surface area contributed by atoms with E-state index < -0.39 is 62.8 Å². The van der Waals surface area contributed by atoms with Crippen LogP contribution in [0.25, 0.3) is 179 Å². The van der Waals surface area contributed by atoms with E-state index >= 15 is 0 Å². The number of benzene rings is 9. The smallest absolute Gasteiger partial charge is 0.870 e. The van der Waals surface area contributed by atoms with Crippen molar-refractivity contribution in [1.82, 2.24) is 79.7 Å². The van der Waals surface area contributed by atoms with Gasteiger partial charge in [0.15, 0.2) is 0 Å². The monoisotopic (exact) mass is 1970 g/mol. The van der Waals surface area contributed by atoms with Crippen molar-refractivity contribution >= 4 is 192 Å². The van der Waals surface area contributed by atoms with Gasteiger partial charge in [0.25, 0.3) is 12.9 Å². The van der Waals surface area contributed by atoms with Gasteiger partial charge in [-0.25, -0.2) is 48.7 Å². The average Bonchev–Trinajstić information content (AvgIpc) is 1.60. The fraction of sp³-hybridized carbons (Fsp3) is 0.0238. The quantitative estimate of drug-likeness (QED) is 0.0237. The number of amides is 6. The number of cyclic esters (lactones) is 2. The molecule has 634 valence electrons. The number of halogens is 2. The van der Waals surface area contributed by atoms with Crippen LogP contribution in [0, 0.1) is 0 Å². The number of fused-ring (bicyclic) bond motifs is 41. The number of carbonyl (C=O) groups excluding carboxylic acids is 9. The third kappa shape index (κ3) is 19.7. The van der Waals surface area contributed by atoms with Crippen LogP contribution in [-0.2, 0) is 78.0 Å². The summed E-state index contributed by atoms with van der Waals surface area (Å²) >= 11 is -0.931. The van der Waals surface area contributed by atoms with E-state index in [1.807, 2.05) is 0 Å². The zero-order valence-electron chi connectivity index (χ0n) is 65.7. The Bertz CT molecular complexity index is 7340. The molecular formula is C84H53Cl2KN22O19Zn3. The number of rotatable bonds is 13. The molecule has 47 heteroatoms. The minimum Gasteiger partial charge on any atom is -0.870 e. The summed E-state index contributed by atoms with van der Waals surface area (Å²) in [5.41, 5.74) is 26.7. The maximum absolute atomic E-state index is 12.2. The number of nitrogens with zero attached hydrogens (tertiary/aromatic N) is 16. The van der Waals surface area contributed by atoms with Crippen molar-refractivity contribution in [2.75, 3.05) is 10.6 Å². The number of hydrogen-bond acceptors (Lipinski definition) is 28. The fourth-order valence-corrected chi connectivity index (χ4v) is 13.6. The molecule has 14 N–H and O–H groups in total. The van der Waals surface area contributed by atoms with E-state index in [1.165, 1.54) is 36.4 Å². The number of urea groups is 1. The average molecular weight is 1980 g/mol. The molecule has 0 radical (unpaired) electrons.